The lowest BCUT2D eigenvalue weighted by molar-refractivity contribution is 0.826. The van der Waals surface area contributed by atoms with Gasteiger partial charge in [-0.3, -0.25) is 9.20 Å². The highest BCUT2D eigenvalue weighted by atomic mass is 35.5. The Labute approximate surface area is 85.8 Å². The quantitative estimate of drug-likeness (QED) is 0.683. The van der Waals surface area contributed by atoms with Gasteiger partial charge in [-0.1, -0.05) is 0 Å². The van der Waals surface area contributed by atoms with Gasteiger partial charge in [0.15, 0.2) is 5.82 Å². The summed E-state index contributed by atoms with van der Waals surface area (Å²) in [6.45, 7) is 0.272. The molecule has 0 radical (unpaired) electrons. The Morgan fingerprint density at radius 2 is 2.14 bits per heavy atom. The Bertz CT molecular complexity index is 502. The SMILES string of the molecule is Cl.Cn1ccn2c(CN)nnc2c1=O. The summed E-state index contributed by atoms with van der Waals surface area (Å²) in [6.07, 6.45) is 3.37. The first kappa shape index (κ1) is 10.7. The molecule has 0 aliphatic heterocycles. The highest BCUT2D eigenvalue weighted by Crippen LogP contribution is 1.96. The Hall–Kier alpha value is -1.40. The van der Waals surface area contributed by atoms with E-state index in [0.29, 0.717) is 11.5 Å². The molecule has 2 heterocycles. The van der Waals surface area contributed by atoms with Crippen LogP contribution in [-0.2, 0) is 13.6 Å². The van der Waals surface area contributed by atoms with E-state index < -0.39 is 0 Å². The van der Waals surface area contributed by atoms with Gasteiger partial charge in [0.1, 0.15) is 0 Å². The molecule has 2 rings (SSSR count). The molecule has 0 aliphatic rings. The van der Waals surface area contributed by atoms with E-state index in [1.54, 1.807) is 23.8 Å². The molecular formula is C7H10ClN5O. The summed E-state index contributed by atoms with van der Waals surface area (Å²) in [5, 5.41) is 7.54. The van der Waals surface area contributed by atoms with E-state index in [1.807, 2.05) is 0 Å². The predicted octanol–water partition coefficient (Wildman–Crippen LogP) is -0.692. The summed E-state index contributed by atoms with van der Waals surface area (Å²) < 4.78 is 3.05. The van der Waals surface area contributed by atoms with E-state index in [-0.39, 0.29) is 24.5 Å². The first-order valence-corrected chi connectivity index (χ1v) is 3.83. The second kappa shape index (κ2) is 3.77. The van der Waals surface area contributed by atoms with Crippen LogP contribution in [-0.4, -0.2) is 19.2 Å². The normalized spacial score (nSPS) is 10.1. The molecule has 0 saturated heterocycles. The number of fused-ring (bicyclic) bond motifs is 1. The number of nitrogens with two attached hydrogens (primary N) is 1. The monoisotopic (exact) mass is 215 g/mol. The van der Waals surface area contributed by atoms with Gasteiger partial charge in [0.2, 0.25) is 5.65 Å². The van der Waals surface area contributed by atoms with Crippen molar-refractivity contribution in [2.45, 2.75) is 6.54 Å². The van der Waals surface area contributed by atoms with Crippen LogP contribution in [0.25, 0.3) is 5.65 Å². The van der Waals surface area contributed by atoms with Crippen molar-refractivity contribution in [1.29, 1.82) is 0 Å². The highest BCUT2D eigenvalue weighted by molar-refractivity contribution is 5.85. The number of halogens is 1. The van der Waals surface area contributed by atoms with Gasteiger partial charge < -0.3 is 10.3 Å². The molecule has 7 heteroatoms. The zero-order valence-electron chi connectivity index (χ0n) is 7.54. The van der Waals surface area contributed by atoms with E-state index in [2.05, 4.69) is 10.2 Å². The fraction of sp³-hybridized carbons (Fsp3) is 0.286. The van der Waals surface area contributed by atoms with Crippen LogP contribution >= 0.6 is 12.4 Å². The third-order valence-corrected chi connectivity index (χ3v) is 1.90. The summed E-state index contributed by atoms with van der Waals surface area (Å²) in [5.41, 5.74) is 5.56. The molecule has 14 heavy (non-hydrogen) atoms. The molecule has 0 bridgehead atoms. The number of nitrogens with zero attached hydrogens (tertiary/aromatic N) is 4. The lowest BCUT2D eigenvalue weighted by atomic mass is 10.5. The third kappa shape index (κ3) is 1.38. The van der Waals surface area contributed by atoms with Gasteiger partial charge in [0.25, 0.3) is 5.56 Å². The van der Waals surface area contributed by atoms with E-state index in [0.717, 1.165) is 0 Å². The maximum Gasteiger partial charge on any atom is 0.295 e. The summed E-state index contributed by atoms with van der Waals surface area (Å²) in [4.78, 5) is 11.5. The van der Waals surface area contributed by atoms with Gasteiger partial charge in [-0.2, -0.15) is 0 Å². The zero-order chi connectivity index (χ0) is 9.42. The maximum atomic E-state index is 11.5. The minimum atomic E-state index is -0.172. The molecule has 0 saturated carbocycles. The Morgan fingerprint density at radius 3 is 2.79 bits per heavy atom. The molecule has 0 spiro atoms. The number of aromatic nitrogens is 4. The van der Waals surface area contributed by atoms with Gasteiger partial charge in [-0.05, 0) is 0 Å². The van der Waals surface area contributed by atoms with Crippen molar-refractivity contribution in [3.05, 3.63) is 28.6 Å². The maximum absolute atomic E-state index is 11.5. The van der Waals surface area contributed by atoms with Gasteiger partial charge in [0, 0.05) is 19.4 Å². The molecule has 0 amide bonds. The summed E-state index contributed by atoms with van der Waals surface area (Å²) in [7, 11) is 1.67. The van der Waals surface area contributed by atoms with Crippen LogP contribution in [0.3, 0.4) is 0 Å². The largest absolute Gasteiger partial charge is 0.324 e. The molecule has 0 aliphatic carbocycles. The third-order valence-electron chi connectivity index (χ3n) is 1.90. The standard InChI is InChI=1S/C7H9N5O.ClH/c1-11-2-3-12-5(4-8)9-10-6(12)7(11)13;/h2-3H,4,8H2,1H3;1H. The number of hydrogen-bond donors (Lipinski definition) is 1. The van der Waals surface area contributed by atoms with Crippen LogP contribution in [0.4, 0.5) is 0 Å². The van der Waals surface area contributed by atoms with E-state index in [4.69, 9.17) is 5.73 Å². The van der Waals surface area contributed by atoms with Crippen molar-refractivity contribution in [3.63, 3.8) is 0 Å². The molecule has 0 fully saturated rings. The Kier molecular flexibility index (Phi) is 2.87. The van der Waals surface area contributed by atoms with Crippen LogP contribution < -0.4 is 11.3 Å². The predicted molar refractivity (Wildman–Crippen MR) is 53.4 cm³/mol. The van der Waals surface area contributed by atoms with Crippen molar-refractivity contribution in [1.82, 2.24) is 19.2 Å². The molecule has 76 valence electrons. The molecule has 6 nitrogen and oxygen atoms in total. The first-order valence-electron chi connectivity index (χ1n) is 3.83. The van der Waals surface area contributed by atoms with E-state index in [1.165, 1.54) is 4.57 Å². The Balaban J connectivity index is 0.000000980. The summed E-state index contributed by atoms with van der Waals surface area (Å²) in [6, 6.07) is 0. The molecule has 0 aromatic carbocycles. The summed E-state index contributed by atoms with van der Waals surface area (Å²) >= 11 is 0. The minimum Gasteiger partial charge on any atom is -0.324 e. The molecule has 0 atom stereocenters. The first-order chi connectivity index (χ1) is 6.24. The minimum absolute atomic E-state index is 0. The van der Waals surface area contributed by atoms with Crippen LogP contribution in [0, 0.1) is 0 Å². The molecule has 2 aromatic rings. The summed E-state index contributed by atoms with van der Waals surface area (Å²) in [5.74, 6) is 0.590. The Morgan fingerprint density at radius 1 is 1.43 bits per heavy atom. The van der Waals surface area contributed by atoms with Crippen LogP contribution in [0.5, 0.6) is 0 Å². The van der Waals surface area contributed by atoms with Gasteiger partial charge in [0.05, 0.1) is 6.54 Å². The molecule has 2 N–H and O–H groups in total. The van der Waals surface area contributed by atoms with Crippen molar-refractivity contribution in [3.8, 4) is 0 Å². The van der Waals surface area contributed by atoms with Crippen LogP contribution in [0.15, 0.2) is 17.2 Å². The lowest BCUT2D eigenvalue weighted by Gasteiger charge is -1.97. The average molecular weight is 216 g/mol. The van der Waals surface area contributed by atoms with E-state index >= 15 is 0 Å². The van der Waals surface area contributed by atoms with Gasteiger partial charge >= 0.3 is 0 Å². The number of rotatable bonds is 1. The second-order valence-corrected chi connectivity index (χ2v) is 2.73. The van der Waals surface area contributed by atoms with Crippen LogP contribution in [0.2, 0.25) is 0 Å². The second-order valence-electron chi connectivity index (χ2n) is 2.73. The lowest BCUT2D eigenvalue weighted by Crippen LogP contribution is -2.19. The van der Waals surface area contributed by atoms with E-state index in [9.17, 15) is 4.79 Å². The van der Waals surface area contributed by atoms with Gasteiger partial charge in [-0.25, -0.2) is 0 Å². The smallest absolute Gasteiger partial charge is 0.295 e. The van der Waals surface area contributed by atoms with Crippen molar-refractivity contribution < 1.29 is 0 Å². The fourth-order valence-corrected chi connectivity index (χ4v) is 1.16. The fourth-order valence-electron chi connectivity index (χ4n) is 1.16. The highest BCUT2D eigenvalue weighted by Gasteiger charge is 2.06. The molecule has 2 aromatic heterocycles. The molecule has 0 unspecified atom stereocenters. The number of hydrogen-bond acceptors (Lipinski definition) is 4. The van der Waals surface area contributed by atoms with Crippen molar-refractivity contribution in [2.75, 3.05) is 0 Å². The van der Waals surface area contributed by atoms with Crippen LogP contribution in [0.1, 0.15) is 5.82 Å². The molecular weight excluding hydrogens is 206 g/mol. The number of aryl methyl sites for hydroxylation is 1. The average Bonchev–Trinajstić information content (AvgIpc) is 2.55. The van der Waals surface area contributed by atoms with Crippen molar-refractivity contribution in [2.24, 2.45) is 12.8 Å². The topological polar surface area (TPSA) is 78.2 Å². The van der Waals surface area contributed by atoms with Gasteiger partial charge in [-0.15, -0.1) is 22.6 Å². The van der Waals surface area contributed by atoms with Crippen molar-refractivity contribution >= 4 is 18.1 Å². The zero-order valence-corrected chi connectivity index (χ0v) is 8.36.